The van der Waals surface area contributed by atoms with Gasteiger partial charge in [0, 0.05) is 18.3 Å². The summed E-state index contributed by atoms with van der Waals surface area (Å²) in [7, 11) is 0. The molecule has 0 saturated heterocycles. The van der Waals surface area contributed by atoms with Gasteiger partial charge in [-0.2, -0.15) is 0 Å². The highest BCUT2D eigenvalue weighted by molar-refractivity contribution is 6.19. The highest BCUT2D eigenvalue weighted by Gasteiger charge is 2.35. The zero-order valence-electron chi connectivity index (χ0n) is 13.1. The van der Waals surface area contributed by atoms with Gasteiger partial charge in [0.1, 0.15) is 5.60 Å². The van der Waals surface area contributed by atoms with Crippen LogP contribution in [0.1, 0.15) is 32.3 Å². The molecule has 1 amide bonds. The summed E-state index contributed by atoms with van der Waals surface area (Å²) in [6, 6.07) is 12.2. The maximum absolute atomic E-state index is 12.5. The molecule has 1 heterocycles. The molecule has 0 aliphatic carbocycles. The first kappa shape index (κ1) is 15.2. The monoisotopic (exact) mass is 317 g/mol. The average Bonchev–Trinajstić information content (AvgIpc) is 2.84. The van der Waals surface area contributed by atoms with E-state index in [1.54, 1.807) is 4.90 Å². The third-order valence-corrected chi connectivity index (χ3v) is 4.22. The second-order valence-corrected chi connectivity index (χ2v) is 6.97. The predicted octanol–water partition coefficient (Wildman–Crippen LogP) is 4.92. The summed E-state index contributed by atoms with van der Waals surface area (Å²) in [5, 5.41) is 2.33. The zero-order chi connectivity index (χ0) is 15.9. The summed E-state index contributed by atoms with van der Waals surface area (Å²) in [6.07, 6.45) is -0.309. The Bertz CT molecular complexity index is 721. The molecule has 0 aromatic heterocycles. The van der Waals surface area contributed by atoms with Crippen molar-refractivity contribution in [1.29, 1.82) is 0 Å². The van der Waals surface area contributed by atoms with Crippen LogP contribution in [0.25, 0.3) is 10.8 Å². The van der Waals surface area contributed by atoms with E-state index < -0.39 is 5.60 Å². The van der Waals surface area contributed by atoms with Crippen LogP contribution < -0.4 is 4.90 Å². The lowest BCUT2D eigenvalue weighted by molar-refractivity contribution is 0.0582. The third kappa shape index (κ3) is 2.66. The minimum atomic E-state index is -0.507. The Hall–Kier alpha value is -1.74. The van der Waals surface area contributed by atoms with Crippen LogP contribution in [0.15, 0.2) is 36.4 Å². The van der Waals surface area contributed by atoms with Crippen molar-refractivity contribution in [2.75, 3.05) is 17.3 Å². The number of nitrogens with zero attached hydrogens (tertiary/aromatic N) is 1. The van der Waals surface area contributed by atoms with E-state index in [9.17, 15) is 4.79 Å². The van der Waals surface area contributed by atoms with Crippen LogP contribution in [-0.4, -0.2) is 24.1 Å². The minimum Gasteiger partial charge on any atom is -0.443 e. The van der Waals surface area contributed by atoms with Gasteiger partial charge in [-0.15, -0.1) is 11.6 Å². The number of hydrogen-bond donors (Lipinski definition) is 0. The Morgan fingerprint density at radius 1 is 1.27 bits per heavy atom. The van der Waals surface area contributed by atoms with Crippen molar-refractivity contribution in [2.45, 2.75) is 32.3 Å². The highest BCUT2D eigenvalue weighted by atomic mass is 35.5. The Morgan fingerprint density at radius 2 is 2.00 bits per heavy atom. The minimum absolute atomic E-state index is 0.135. The lowest BCUT2D eigenvalue weighted by atomic mass is 9.96. The van der Waals surface area contributed by atoms with Gasteiger partial charge in [-0.25, -0.2) is 4.79 Å². The van der Waals surface area contributed by atoms with Gasteiger partial charge in [0.2, 0.25) is 0 Å². The van der Waals surface area contributed by atoms with Crippen LogP contribution >= 0.6 is 11.6 Å². The number of benzene rings is 2. The molecule has 0 radical (unpaired) electrons. The Labute approximate surface area is 135 Å². The fourth-order valence-corrected chi connectivity index (χ4v) is 3.23. The van der Waals surface area contributed by atoms with E-state index in [0.29, 0.717) is 12.4 Å². The van der Waals surface area contributed by atoms with Crippen LogP contribution in [-0.2, 0) is 4.74 Å². The summed E-state index contributed by atoms with van der Waals surface area (Å²) in [5.41, 5.74) is 1.56. The quantitative estimate of drug-likeness (QED) is 0.699. The van der Waals surface area contributed by atoms with E-state index in [1.165, 1.54) is 5.39 Å². The SMILES string of the molecule is CC(C)(C)OC(=O)N1CC(CCl)c2c1ccc1ccccc21. The van der Waals surface area contributed by atoms with Gasteiger partial charge >= 0.3 is 6.09 Å². The molecule has 1 aliphatic rings. The van der Waals surface area contributed by atoms with Gasteiger partial charge in [0.25, 0.3) is 0 Å². The summed E-state index contributed by atoms with van der Waals surface area (Å²) in [4.78, 5) is 14.2. The van der Waals surface area contributed by atoms with Crippen LogP contribution in [0.5, 0.6) is 0 Å². The van der Waals surface area contributed by atoms with Gasteiger partial charge in [-0.05, 0) is 43.2 Å². The van der Waals surface area contributed by atoms with Crippen LogP contribution in [0.4, 0.5) is 10.5 Å². The molecule has 4 heteroatoms. The molecule has 1 atom stereocenters. The number of alkyl halides is 1. The van der Waals surface area contributed by atoms with E-state index in [0.717, 1.165) is 16.6 Å². The number of amides is 1. The van der Waals surface area contributed by atoms with Crippen LogP contribution in [0.2, 0.25) is 0 Å². The Morgan fingerprint density at radius 3 is 2.68 bits per heavy atom. The third-order valence-electron chi connectivity index (χ3n) is 3.85. The number of carbonyl (C=O) groups is 1. The van der Waals surface area contributed by atoms with Crippen molar-refractivity contribution in [2.24, 2.45) is 0 Å². The summed E-state index contributed by atoms with van der Waals surface area (Å²) in [5.74, 6) is 0.621. The molecule has 116 valence electrons. The largest absolute Gasteiger partial charge is 0.443 e. The summed E-state index contributed by atoms with van der Waals surface area (Å²) >= 11 is 6.16. The predicted molar refractivity (Wildman–Crippen MR) is 91.0 cm³/mol. The second kappa shape index (κ2) is 5.47. The molecule has 2 aromatic carbocycles. The average molecular weight is 318 g/mol. The van der Waals surface area contributed by atoms with Gasteiger partial charge in [-0.1, -0.05) is 30.3 Å². The number of carbonyl (C=O) groups excluding carboxylic acids is 1. The lowest BCUT2D eigenvalue weighted by Crippen LogP contribution is -2.36. The van der Waals surface area contributed by atoms with Crippen LogP contribution in [0.3, 0.4) is 0 Å². The summed E-state index contributed by atoms with van der Waals surface area (Å²) < 4.78 is 5.53. The van der Waals surface area contributed by atoms with Crippen molar-refractivity contribution < 1.29 is 9.53 Å². The standard InChI is InChI=1S/C18H20ClNO2/c1-18(2,3)22-17(21)20-11-13(10-19)16-14-7-5-4-6-12(14)8-9-15(16)20/h4-9,13H,10-11H2,1-3H3. The van der Waals surface area contributed by atoms with Crippen molar-refractivity contribution in [3.8, 4) is 0 Å². The number of halogens is 1. The van der Waals surface area contributed by atoms with Gasteiger partial charge in [0.05, 0.1) is 5.69 Å². The molecular formula is C18H20ClNO2. The lowest BCUT2D eigenvalue weighted by Gasteiger charge is -2.25. The zero-order valence-corrected chi connectivity index (χ0v) is 13.9. The van der Waals surface area contributed by atoms with E-state index in [-0.39, 0.29) is 12.0 Å². The topological polar surface area (TPSA) is 29.5 Å². The number of fused-ring (bicyclic) bond motifs is 3. The van der Waals surface area contributed by atoms with Crippen molar-refractivity contribution >= 4 is 34.2 Å². The first-order valence-electron chi connectivity index (χ1n) is 7.49. The maximum Gasteiger partial charge on any atom is 0.414 e. The molecule has 0 fully saturated rings. The fourth-order valence-electron chi connectivity index (χ4n) is 2.97. The molecule has 2 aromatic rings. The normalized spacial score (nSPS) is 17.6. The smallest absolute Gasteiger partial charge is 0.414 e. The number of ether oxygens (including phenoxy) is 1. The number of hydrogen-bond acceptors (Lipinski definition) is 2. The van der Waals surface area contributed by atoms with Crippen molar-refractivity contribution in [3.63, 3.8) is 0 Å². The second-order valence-electron chi connectivity index (χ2n) is 6.66. The van der Waals surface area contributed by atoms with E-state index in [2.05, 4.69) is 12.1 Å². The van der Waals surface area contributed by atoms with Gasteiger partial charge in [-0.3, -0.25) is 4.90 Å². The van der Waals surface area contributed by atoms with E-state index in [1.807, 2.05) is 45.0 Å². The molecule has 0 saturated carbocycles. The van der Waals surface area contributed by atoms with E-state index in [4.69, 9.17) is 16.3 Å². The first-order chi connectivity index (χ1) is 10.4. The molecule has 3 rings (SSSR count). The molecule has 0 spiro atoms. The Balaban J connectivity index is 2.06. The van der Waals surface area contributed by atoms with Gasteiger partial charge < -0.3 is 4.74 Å². The first-order valence-corrected chi connectivity index (χ1v) is 8.02. The van der Waals surface area contributed by atoms with Crippen molar-refractivity contribution in [3.05, 3.63) is 42.0 Å². The number of anilines is 1. The highest BCUT2D eigenvalue weighted by Crippen LogP contribution is 2.42. The van der Waals surface area contributed by atoms with Crippen molar-refractivity contribution in [1.82, 2.24) is 0 Å². The number of rotatable bonds is 1. The summed E-state index contributed by atoms with van der Waals surface area (Å²) in [6.45, 7) is 6.20. The molecule has 3 nitrogen and oxygen atoms in total. The maximum atomic E-state index is 12.5. The molecule has 0 N–H and O–H groups in total. The molecule has 22 heavy (non-hydrogen) atoms. The molecule has 1 aliphatic heterocycles. The molecule has 0 bridgehead atoms. The van der Waals surface area contributed by atoms with Gasteiger partial charge in [0.15, 0.2) is 0 Å². The molecule has 1 unspecified atom stereocenters. The Kier molecular flexibility index (Phi) is 3.77. The molecular weight excluding hydrogens is 298 g/mol. The van der Waals surface area contributed by atoms with Crippen LogP contribution in [0, 0.1) is 0 Å². The van der Waals surface area contributed by atoms with E-state index >= 15 is 0 Å². The fraction of sp³-hybridized carbons (Fsp3) is 0.389.